The first-order valence-electron chi connectivity index (χ1n) is 6.24. The van der Waals surface area contributed by atoms with E-state index in [4.69, 9.17) is 5.84 Å². The number of aromatic nitrogens is 2. The Morgan fingerprint density at radius 1 is 1.33 bits per heavy atom. The number of amides is 1. The van der Waals surface area contributed by atoms with Gasteiger partial charge < -0.3 is 10.3 Å². The number of carbonyl (C=O) groups excluding carboxylic acids is 1. The smallest absolute Gasteiger partial charge is 0.274 e. The van der Waals surface area contributed by atoms with Gasteiger partial charge in [-0.05, 0) is 33.1 Å². The van der Waals surface area contributed by atoms with Gasteiger partial charge in [0.1, 0.15) is 5.69 Å². The third-order valence-corrected chi connectivity index (χ3v) is 3.45. The van der Waals surface area contributed by atoms with Gasteiger partial charge in [0.05, 0.1) is 12.4 Å². The van der Waals surface area contributed by atoms with Gasteiger partial charge in [0.2, 0.25) is 0 Å². The molecular weight excluding hydrogens is 230 g/mol. The van der Waals surface area contributed by atoms with Crippen LogP contribution in [0.2, 0.25) is 0 Å². The van der Waals surface area contributed by atoms with E-state index in [-0.39, 0.29) is 18.0 Å². The normalized spacial score (nSPS) is 23.8. The lowest BCUT2D eigenvalue weighted by molar-refractivity contribution is 0.0504. The van der Waals surface area contributed by atoms with Gasteiger partial charge in [-0.25, -0.2) is 15.8 Å². The lowest BCUT2D eigenvalue weighted by atomic mass is 9.97. The fourth-order valence-electron chi connectivity index (χ4n) is 2.47. The third kappa shape index (κ3) is 2.43. The number of nitrogens with zero attached hydrogens (tertiary/aromatic N) is 3. The van der Waals surface area contributed by atoms with Crippen LogP contribution in [0, 0.1) is 0 Å². The molecule has 1 aromatic rings. The highest BCUT2D eigenvalue weighted by molar-refractivity contribution is 5.92. The van der Waals surface area contributed by atoms with E-state index in [0.29, 0.717) is 11.5 Å². The Kier molecular flexibility index (Phi) is 3.76. The molecule has 2 heterocycles. The van der Waals surface area contributed by atoms with Crippen LogP contribution in [0.4, 0.5) is 5.82 Å². The molecule has 0 aliphatic carbocycles. The molecule has 1 aliphatic heterocycles. The second-order valence-electron chi connectivity index (χ2n) is 4.77. The summed E-state index contributed by atoms with van der Waals surface area (Å²) in [6.45, 7) is 4.16. The van der Waals surface area contributed by atoms with E-state index in [2.05, 4.69) is 29.2 Å². The van der Waals surface area contributed by atoms with Crippen LogP contribution >= 0.6 is 0 Å². The highest BCUT2D eigenvalue weighted by atomic mass is 16.2. The number of piperidine rings is 1. The van der Waals surface area contributed by atoms with Crippen molar-refractivity contribution in [2.24, 2.45) is 5.84 Å². The number of nitrogens with two attached hydrogens (primary N) is 1. The second kappa shape index (κ2) is 5.30. The molecule has 1 aromatic heterocycles. The summed E-state index contributed by atoms with van der Waals surface area (Å²) in [7, 11) is 0. The fourth-order valence-corrected chi connectivity index (χ4v) is 2.47. The molecule has 0 spiro atoms. The van der Waals surface area contributed by atoms with E-state index >= 15 is 0 Å². The Hall–Kier alpha value is -1.69. The van der Waals surface area contributed by atoms with Crippen LogP contribution in [0.3, 0.4) is 0 Å². The zero-order chi connectivity index (χ0) is 13.1. The molecule has 1 aliphatic rings. The molecule has 1 saturated heterocycles. The van der Waals surface area contributed by atoms with Gasteiger partial charge in [0.15, 0.2) is 5.82 Å². The first kappa shape index (κ1) is 12.8. The van der Waals surface area contributed by atoms with Gasteiger partial charge in [0.25, 0.3) is 5.91 Å². The van der Waals surface area contributed by atoms with Crippen molar-refractivity contribution in [3.63, 3.8) is 0 Å². The van der Waals surface area contributed by atoms with Crippen LogP contribution < -0.4 is 11.3 Å². The summed E-state index contributed by atoms with van der Waals surface area (Å²) in [6.07, 6.45) is 6.20. The number of likely N-dealkylation sites (tertiary alicyclic amines) is 1. The molecule has 6 nitrogen and oxygen atoms in total. The van der Waals surface area contributed by atoms with Crippen molar-refractivity contribution in [3.05, 3.63) is 18.1 Å². The quantitative estimate of drug-likeness (QED) is 0.607. The Bertz CT molecular complexity index is 409. The molecule has 18 heavy (non-hydrogen) atoms. The summed E-state index contributed by atoms with van der Waals surface area (Å²) in [5.74, 6) is 5.62. The molecule has 0 saturated carbocycles. The van der Waals surface area contributed by atoms with Crippen LogP contribution in [0.1, 0.15) is 43.6 Å². The van der Waals surface area contributed by atoms with Crippen molar-refractivity contribution in [3.8, 4) is 0 Å². The van der Waals surface area contributed by atoms with Crippen molar-refractivity contribution in [2.45, 2.75) is 45.2 Å². The summed E-state index contributed by atoms with van der Waals surface area (Å²) in [5, 5.41) is 0. The molecule has 0 radical (unpaired) electrons. The average Bonchev–Trinajstić information content (AvgIpc) is 2.38. The summed E-state index contributed by atoms with van der Waals surface area (Å²) in [5.41, 5.74) is 2.76. The zero-order valence-electron chi connectivity index (χ0n) is 10.8. The summed E-state index contributed by atoms with van der Waals surface area (Å²) < 4.78 is 0. The molecule has 98 valence electrons. The van der Waals surface area contributed by atoms with Gasteiger partial charge in [-0.3, -0.25) is 4.79 Å². The zero-order valence-corrected chi connectivity index (χ0v) is 10.8. The monoisotopic (exact) mass is 249 g/mol. The van der Waals surface area contributed by atoms with Crippen molar-refractivity contribution in [1.82, 2.24) is 14.9 Å². The largest absolute Gasteiger partial charge is 0.332 e. The van der Waals surface area contributed by atoms with E-state index < -0.39 is 0 Å². The van der Waals surface area contributed by atoms with Crippen molar-refractivity contribution in [1.29, 1.82) is 0 Å². The minimum Gasteiger partial charge on any atom is -0.332 e. The average molecular weight is 249 g/mol. The van der Waals surface area contributed by atoms with Crippen LogP contribution in [0.25, 0.3) is 0 Å². The Labute approximate surface area is 107 Å². The Morgan fingerprint density at radius 2 is 2.00 bits per heavy atom. The first-order chi connectivity index (χ1) is 8.63. The highest BCUT2D eigenvalue weighted by Gasteiger charge is 2.30. The SMILES string of the molecule is CC1CCCC(C)N1C(=O)c1cnc(NN)cn1. The molecule has 1 amide bonds. The van der Waals surface area contributed by atoms with Crippen molar-refractivity contribution in [2.75, 3.05) is 5.43 Å². The van der Waals surface area contributed by atoms with Crippen LogP contribution in [-0.2, 0) is 0 Å². The van der Waals surface area contributed by atoms with Crippen LogP contribution in [-0.4, -0.2) is 32.9 Å². The second-order valence-corrected chi connectivity index (χ2v) is 4.77. The topological polar surface area (TPSA) is 84.1 Å². The first-order valence-corrected chi connectivity index (χ1v) is 6.24. The van der Waals surface area contributed by atoms with Gasteiger partial charge in [-0.1, -0.05) is 0 Å². The third-order valence-electron chi connectivity index (χ3n) is 3.45. The molecule has 0 bridgehead atoms. The number of hydrogen-bond acceptors (Lipinski definition) is 5. The number of rotatable bonds is 2. The van der Waals surface area contributed by atoms with Gasteiger partial charge >= 0.3 is 0 Å². The van der Waals surface area contributed by atoms with Crippen molar-refractivity contribution >= 4 is 11.7 Å². The van der Waals surface area contributed by atoms with Crippen LogP contribution in [0.15, 0.2) is 12.4 Å². The summed E-state index contributed by atoms with van der Waals surface area (Å²) in [4.78, 5) is 22.4. The van der Waals surface area contributed by atoms with E-state index in [1.807, 2.05) is 4.90 Å². The van der Waals surface area contributed by atoms with Gasteiger partial charge in [-0.2, -0.15) is 0 Å². The molecular formula is C12H19N5O. The number of nitrogens with one attached hydrogen (secondary N) is 1. The predicted octanol–water partition coefficient (Wildman–Crippen LogP) is 1.17. The minimum atomic E-state index is -0.0502. The molecule has 0 aromatic carbocycles. The van der Waals surface area contributed by atoms with E-state index in [1.165, 1.54) is 18.8 Å². The Balaban J connectivity index is 2.18. The number of anilines is 1. The van der Waals surface area contributed by atoms with E-state index in [9.17, 15) is 4.79 Å². The highest BCUT2D eigenvalue weighted by Crippen LogP contribution is 2.24. The van der Waals surface area contributed by atoms with Gasteiger partial charge in [-0.15, -0.1) is 0 Å². The molecule has 3 N–H and O–H groups in total. The van der Waals surface area contributed by atoms with E-state index in [0.717, 1.165) is 12.8 Å². The molecule has 2 rings (SSSR count). The number of carbonyl (C=O) groups is 1. The Morgan fingerprint density at radius 3 is 2.50 bits per heavy atom. The number of hydrogen-bond donors (Lipinski definition) is 2. The van der Waals surface area contributed by atoms with E-state index in [1.54, 1.807) is 0 Å². The molecule has 2 atom stereocenters. The lowest BCUT2D eigenvalue weighted by Gasteiger charge is -2.38. The summed E-state index contributed by atoms with van der Waals surface area (Å²) >= 11 is 0. The maximum Gasteiger partial charge on any atom is 0.274 e. The number of hydrazine groups is 1. The van der Waals surface area contributed by atoms with Crippen LogP contribution in [0.5, 0.6) is 0 Å². The summed E-state index contributed by atoms with van der Waals surface area (Å²) in [6, 6.07) is 0.519. The number of nitrogen functional groups attached to an aromatic ring is 1. The maximum absolute atomic E-state index is 12.4. The van der Waals surface area contributed by atoms with Crippen molar-refractivity contribution < 1.29 is 4.79 Å². The van der Waals surface area contributed by atoms with Gasteiger partial charge in [0, 0.05) is 12.1 Å². The molecule has 2 unspecified atom stereocenters. The minimum absolute atomic E-state index is 0.0502. The lowest BCUT2D eigenvalue weighted by Crippen LogP contribution is -2.47. The predicted molar refractivity (Wildman–Crippen MR) is 68.8 cm³/mol. The molecule has 6 heteroatoms. The molecule has 1 fully saturated rings. The maximum atomic E-state index is 12.4. The standard InChI is InChI=1S/C12H19N5O/c1-8-4-3-5-9(2)17(8)12(18)10-6-15-11(16-13)7-14-10/h6-9H,3-5,13H2,1-2H3,(H,15,16). The fraction of sp³-hybridized carbons (Fsp3) is 0.583.